The molecule has 0 aliphatic heterocycles. The number of halogens is 3. The van der Waals surface area contributed by atoms with Crippen molar-refractivity contribution in [2.75, 3.05) is 24.3 Å². The highest BCUT2D eigenvalue weighted by molar-refractivity contribution is 5.70. The lowest BCUT2D eigenvalue weighted by Gasteiger charge is -2.20. The SMILES string of the molecule is CN(C)c1ccc(C(F)(F)F)cc1NCc1ccoc1. The van der Waals surface area contributed by atoms with Gasteiger partial charge < -0.3 is 14.6 Å². The van der Waals surface area contributed by atoms with Crippen molar-refractivity contribution in [1.29, 1.82) is 0 Å². The highest BCUT2D eigenvalue weighted by atomic mass is 19.4. The van der Waals surface area contributed by atoms with Crippen LogP contribution in [0.25, 0.3) is 0 Å². The van der Waals surface area contributed by atoms with Crippen molar-refractivity contribution in [3.63, 3.8) is 0 Å². The van der Waals surface area contributed by atoms with Crippen molar-refractivity contribution < 1.29 is 17.6 Å². The fourth-order valence-corrected chi connectivity index (χ4v) is 1.83. The number of nitrogens with one attached hydrogen (secondary N) is 1. The molecular weight excluding hydrogens is 269 g/mol. The summed E-state index contributed by atoms with van der Waals surface area (Å²) in [5, 5.41) is 3.01. The van der Waals surface area contributed by atoms with Crippen LogP contribution >= 0.6 is 0 Å². The van der Waals surface area contributed by atoms with Crippen molar-refractivity contribution in [2.45, 2.75) is 12.7 Å². The van der Waals surface area contributed by atoms with Crippen LogP contribution in [0.2, 0.25) is 0 Å². The van der Waals surface area contributed by atoms with Crippen molar-refractivity contribution in [1.82, 2.24) is 0 Å². The molecule has 0 radical (unpaired) electrons. The van der Waals surface area contributed by atoms with Crippen molar-refractivity contribution in [3.05, 3.63) is 47.9 Å². The summed E-state index contributed by atoms with van der Waals surface area (Å²) in [6.45, 7) is 0.401. The molecule has 0 amide bonds. The molecule has 2 rings (SSSR count). The van der Waals surface area contributed by atoms with Crippen LogP contribution in [-0.4, -0.2) is 14.1 Å². The maximum absolute atomic E-state index is 12.8. The number of benzene rings is 1. The molecule has 0 aliphatic carbocycles. The summed E-state index contributed by atoms with van der Waals surface area (Å²) in [4.78, 5) is 1.76. The zero-order chi connectivity index (χ0) is 14.8. The number of rotatable bonds is 4. The Hall–Kier alpha value is -2.11. The summed E-state index contributed by atoms with van der Waals surface area (Å²) in [6, 6.07) is 5.42. The zero-order valence-corrected chi connectivity index (χ0v) is 11.2. The Labute approximate surface area is 115 Å². The van der Waals surface area contributed by atoms with Crippen LogP contribution in [0.5, 0.6) is 0 Å². The largest absolute Gasteiger partial charge is 0.472 e. The van der Waals surface area contributed by atoms with E-state index in [0.717, 1.165) is 17.7 Å². The van der Waals surface area contributed by atoms with Crippen LogP contribution in [0.15, 0.2) is 41.2 Å². The molecule has 20 heavy (non-hydrogen) atoms. The van der Waals surface area contributed by atoms with Gasteiger partial charge in [-0.1, -0.05) is 0 Å². The molecule has 108 valence electrons. The van der Waals surface area contributed by atoms with E-state index >= 15 is 0 Å². The number of hydrogen-bond donors (Lipinski definition) is 1. The number of nitrogens with zero attached hydrogens (tertiary/aromatic N) is 1. The standard InChI is InChI=1S/C14H15F3N2O/c1-19(2)13-4-3-11(14(15,16)17)7-12(13)18-8-10-5-6-20-9-10/h3-7,9,18H,8H2,1-2H3. The fraction of sp³-hybridized carbons (Fsp3) is 0.286. The van der Waals surface area contributed by atoms with Crippen molar-refractivity contribution in [2.24, 2.45) is 0 Å². The first-order chi connectivity index (χ1) is 9.38. The minimum absolute atomic E-state index is 0.401. The summed E-state index contributed by atoms with van der Waals surface area (Å²) in [5.74, 6) is 0. The van der Waals surface area contributed by atoms with Gasteiger partial charge in [0, 0.05) is 26.2 Å². The van der Waals surface area contributed by atoms with Crippen molar-refractivity contribution in [3.8, 4) is 0 Å². The molecule has 0 aliphatic rings. The molecule has 3 nitrogen and oxygen atoms in total. The molecule has 0 bridgehead atoms. The molecule has 1 aromatic carbocycles. The second kappa shape index (κ2) is 5.48. The lowest BCUT2D eigenvalue weighted by Crippen LogP contribution is -2.14. The quantitative estimate of drug-likeness (QED) is 0.920. The first-order valence-electron chi connectivity index (χ1n) is 6.01. The van der Waals surface area contributed by atoms with Gasteiger partial charge in [-0.15, -0.1) is 0 Å². The molecule has 6 heteroatoms. The Morgan fingerprint density at radius 1 is 1.20 bits per heavy atom. The monoisotopic (exact) mass is 284 g/mol. The first kappa shape index (κ1) is 14.3. The van der Waals surface area contributed by atoms with E-state index in [9.17, 15) is 13.2 Å². The van der Waals surface area contributed by atoms with Crippen molar-refractivity contribution >= 4 is 11.4 Å². The Balaban J connectivity index is 2.27. The predicted molar refractivity (Wildman–Crippen MR) is 71.8 cm³/mol. The smallest absolute Gasteiger partial charge is 0.416 e. The van der Waals surface area contributed by atoms with Gasteiger partial charge in [0.2, 0.25) is 0 Å². The Morgan fingerprint density at radius 3 is 2.50 bits per heavy atom. The maximum Gasteiger partial charge on any atom is 0.416 e. The lowest BCUT2D eigenvalue weighted by molar-refractivity contribution is -0.137. The highest BCUT2D eigenvalue weighted by Crippen LogP contribution is 2.35. The minimum Gasteiger partial charge on any atom is -0.472 e. The third kappa shape index (κ3) is 3.26. The Bertz CT molecular complexity index is 562. The van der Waals surface area contributed by atoms with E-state index in [1.54, 1.807) is 31.3 Å². The zero-order valence-electron chi connectivity index (χ0n) is 11.2. The lowest BCUT2D eigenvalue weighted by atomic mass is 10.1. The molecular formula is C14H15F3N2O. The van der Waals surface area contributed by atoms with Crippen LogP contribution in [0.1, 0.15) is 11.1 Å². The van der Waals surface area contributed by atoms with E-state index in [2.05, 4.69) is 5.32 Å². The van der Waals surface area contributed by atoms with Gasteiger partial charge >= 0.3 is 6.18 Å². The van der Waals surface area contributed by atoms with Gasteiger partial charge in [-0.25, -0.2) is 0 Å². The molecule has 0 saturated carbocycles. The number of furan rings is 1. The van der Waals surface area contributed by atoms with Gasteiger partial charge in [0.05, 0.1) is 29.5 Å². The summed E-state index contributed by atoms with van der Waals surface area (Å²) in [7, 11) is 3.57. The van der Waals surface area contributed by atoms with Gasteiger partial charge in [-0.3, -0.25) is 0 Å². The van der Waals surface area contributed by atoms with Crippen LogP contribution < -0.4 is 10.2 Å². The van der Waals surface area contributed by atoms with Crippen LogP contribution in [0.4, 0.5) is 24.5 Å². The normalized spacial score (nSPS) is 11.4. The average molecular weight is 284 g/mol. The summed E-state index contributed by atoms with van der Waals surface area (Å²) in [5.41, 5.74) is 1.33. The molecule has 1 aromatic heterocycles. The Morgan fingerprint density at radius 2 is 1.95 bits per heavy atom. The van der Waals surface area contributed by atoms with Gasteiger partial charge in [0.1, 0.15) is 0 Å². The fourth-order valence-electron chi connectivity index (χ4n) is 1.83. The molecule has 0 unspecified atom stereocenters. The highest BCUT2D eigenvalue weighted by Gasteiger charge is 2.31. The van der Waals surface area contributed by atoms with Crippen LogP contribution in [0, 0.1) is 0 Å². The summed E-state index contributed by atoms with van der Waals surface area (Å²) < 4.78 is 43.2. The number of alkyl halides is 3. The molecule has 1 N–H and O–H groups in total. The van der Waals surface area contributed by atoms with Gasteiger partial charge in [0.25, 0.3) is 0 Å². The van der Waals surface area contributed by atoms with E-state index in [-0.39, 0.29) is 0 Å². The Kier molecular flexibility index (Phi) is 3.92. The van der Waals surface area contributed by atoms with Gasteiger partial charge in [-0.05, 0) is 24.3 Å². The third-order valence-electron chi connectivity index (χ3n) is 2.87. The summed E-state index contributed by atoms with van der Waals surface area (Å²) >= 11 is 0. The molecule has 1 heterocycles. The first-order valence-corrected chi connectivity index (χ1v) is 6.01. The van der Waals surface area contributed by atoms with Gasteiger partial charge in [0.15, 0.2) is 0 Å². The van der Waals surface area contributed by atoms with E-state index < -0.39 is 11.7 Å². The molecule has 0 saturated heterocycles. The van der Waals surface area contributed by atoms with Crippen LogP contribution in [-0.2, 0) is 12.7 Å². The van der Waals surface area contributed by atoms with E-state index in [0.29, 0.717) is 17.9 Å². The maximum atomic E-state index is 12.8. The van der Waals surface area contributed by atoms with Gasteiger partial charge in [-0.2, -0.15) is 13.2 Å². The molecule has 2 aromatic rings. The van der Waals surface area contributed by atoms with E-state index in [1.165, 1.54) is 12.3 Å². The average Bonchev–Trinajstić information content (AvgIpc) is 2.87. The molecule has 0 spiro atoms. The second-order valence-corrected chi connectivity index (χ2v) is 4.61. The number of anilines is 2. The molecule has 0 atom stereocenters. The minimum atomic E-state index is -4.35. The third-order valence-corrected chi connectivity index (χ3v) is 2.87. The topological polar surface area (TPSA) is 28.4 Å². The van der Waals surface area contributed by atoms with E-state index in [1.807, 2.05) is 0 Å². The second-order valence-electron chi connectivity index (χ2n) is 4.61. The van der Waals surface area contributed by atoms with Crippen LogP contribution in [0.3, 0.4) is 0 Å². The molecule has 0 fully saturated rings. The number of hydrogen-bond acceptors (Lipinski definition) is 3. The predicted octanol–water partition coefficient (Wildman–Crippen LogP) is 3.98. The van der Waals surface area contributed by atoms with E-state index in [4.69, 9.17) is 4.42 Å². The summed E-state index contributed by atoms with van der Waals surface area (Å²) in [6.07, 6.45) is -1.27.